The maximum absolute atomic E-state index is 12.2. The van der Waals surface area contributed by atoms with Gasteiger partial charge in [-0.1, -0.05) is 25.4 Å². The molecule has 0 aliphatic heterocycles. The largest absolute Gasteiger partial charge is 0.223 e. The van der Waals surface area contributed by atoms with E-state index in [4.69, 9.17) is 23.2 Å². The quantitative estimate of drug-likeness (QED) is 0.472. The van der Waals surface area contributed by atoms with Gasteiger partial charge in [-0.3, -0.25) is 0 Å². The fourth-order valence-electron chi connectivity index (χ4n) is 0.326. The molecule has 1 aromatic heterocycles. The van der Waals surface area contributed by atoms with Crippen LogP contribution in [0.1, 0.15) is 13.8 Å². The second-order valence-corrected chi connectivity index (χ2v) is 1.97. The van der Waals surface area contributed by atoms with Gasteiger partial charge in [-0.25, -0.2) is 14.4 Å². The second-order valence-electron chi connectivity index (χ2n) is 1.28. The molecule has 0 saturated heterocycles. The lowest BCUT2D eigenvalue weighted by molar-refractivity contribution is 0.614. The van der Waals surface area contributed by atoms with Gasteiger partial charge in [-0.05, 0) is 11.6 Å². The zero-order valence-electron chi connectivity index (χ0n) is 6.11. The van der Waals surface area contributed by atoms with Gasteiger partial charge in [0.05, 0.1) is 6.20 Å². The van der Waals surface area contributed by atoms with Crippen LogP contribution >= 0.6 is 23.2 Å². The van der Waals surface area contributed by atoms with E-state index < -0.39 is 5.82 Å². The summed E-state index contributed by atoms with van der Waals surface area (Å²) in [7, 11) is 0. The number of hydrogen-bond acceptors (Lipinski definition) is 2. The van der Waals surface area contributed by atoms with Crippen LogP contribution in [0.15, 0.2) is 6.20 Å². The molecule has 11 heavy (non-hydrogen) atoms. The highest BCUT2D eigenvalue weighted by Crippen LogP contribution is 2.10. The highest BCUT2D eigenvalue weighted by molar-refractivity contribution is 6.31. The minimum absolute atomic E-state index is 0.0543. The summed E-state index contributed by atoms with van der Waals surface area (Å²) in [6.45, 7) is 4.00. The molecule has 0 aliphatic rings. The van der Waals surface area contributed by atoms with E-state index >= 15 is 0 Å². The minimum Gasteiger partial charge on any atom is -0.223 e. The third-order valence-electron chi connectivity index (χ3n) is 0.672. The van der Waals surface area contributed by atoms with Crippen molar-refractivity contribution in [2.75, 3.05) is 0 Å². The van der Waals surface area contributed by atoms with Crippen molar-refractivity contribution in [3.8, 4) is 0 Å². The van der Waals surface area contributed by atoms with Crippen molar-refractivity contribution >= 4 is 23.2 Å². The average Bonchev–Trinajstić information content (AvgIpc) is 2.02. The van der Waals surface area contributed by atoms with Gasteiger partial charge >= 0.3 is 0 Å². The average molecular weight is 197 g/mol. The summed E-state index contributed by atoms with van der Waals surface area (Å²) in [4.78, 5) is 6.65. The number of rotatable bonds is 0. The molecule has 2 nitrogen and oxygen atoms in total. The van der Waals surface area contributed by atoms with Crippen molar-refractivity contribution in [2.45, 2.75) is 13.8 Å². The van der Waals surface area contributed by atoms with Gasteiger partial charge in [-0.15, -0.1) is 0 Å². The lowest BCUT2D eigenvalue weighted by Gasteiger charge is -1.89. The van der Waals surface area contributed by atoms with E-state index in [2.05, 4.69) is 9.97 Å². The molecule has 0 bridgehead atoms. The number of hydrogen-bond donors (Lipinski definition) is 0. The first-order valence-corrected chi connectivity index (χ1v) is 3.79. The summed E-state index contributed by atoms with van der Waals surface area (Å²) in [6, 6.07) is 0. The van der Waals surface area contributed by atoms with Crippen molar-refractivity contribution in [2.24, 2.45) is 0 Å². The monoisotopic (exact) mass is 196 g/mol. The van der Waals surface area contributed by atoms with Crippen molar-refractivity contribution < 1.29 is 4.39 Å². The van der Waals surface area contributed by atoms with Gasteiger partial charge in [0, 0.05) is 0 Å². The Labute approximate surface area is 74.4 Å². The first kappa shape index (κ1) is 10.6. The molecular formula is C6H7Cl2FN2. The van der Waals surface area contributed by atoms with Crippen LogP contribution in [0.4, 0.5) is 4.39 Å². The highest BCUT2D eigenvalue weighted by atomic mass is 35.5. The maximum atomic E-state index is 12.2. The smallest absolute Gasteiger partial charge is 0.223 e. The Balaban J connectivity index is 0.000000461. The first-order valence-electron chi connectivity index (χ1n) is 3.03. The Morgan fingerprint density at radius 2 is 1.91 bits per heavy atom. The Kier molecular flexibility index (Phi) is 5.07. The SMILES string of the molecule is CC.Fc1cnc(Cl)nc1Cl. The second kappa shape index (κ2) is 5.27. The first-order chi connectivity index (χ1) is 5.20. The van der Waals surface area contributed by atoms with E-state index in [1.165, 1.54) is 0 Å². The molecule has 0 aromatic carbocycles. The van der Waals surface area contributed by atoms with E-state index in [-0.39, 0.29) is 10.4 Å². The van der Waals surface area contributed by atoms with Crippen LogP contribution in [0, 0.1) is 5.82 Å². The van der Waals surface area contributed by atoms with Crippen LogP contribution < -0.4 is 0 Å². The standard InChI is InChI=1S/C4HCl2FN2.C2H6/c5-3-2(7)1-8-4(6)9-3;1-2/h1H;1-2H3. The normalized spacial score (nSPS) is 8.45. The van der Waals surface area contributed by atoms with E-state index in [9.17, 15) is 4.39 Å². The van der Waals surface area contributed by atoms with Crippen molar-refractivity contribution in [3.05, 3.63) is 22.5 Å². The molecule has 1 aromatic rings. The topological polar surface area (TPSA) is 25.8 Å². The van der Waals surface area contributed by atoms with Crippen molar-refractivity contribution in [1.29, 1.82) is 0 Å². The van der Waals surface area contributed by atoms with Gasteiger partial charge in [0.25, 0.3) is 0 Å². The third kappa shape index (κ3) is 3.49. The Hall–Kier alpha value is -0.410. The molecule has 62 valence electrons. The minimum atomic E-state index is -0.666. The zero-order chi connectivity index (χ0) is 8.85. The molecule has 0 aliphatic carbocycles. The molecule has 0 atom stereocenters. The van der Waals surface area contributed by atoms with Crippen molar-refractivity contribution in [1.82, 2.24) is 9.97 Å². The fourth-order valence-corrected chi connectivity index (χ4v) is 0.632. The molecule has 0 unspecified atom stereocenters. The molecule has 0 N–H and O–H groups in total. The van der Waals surface area contributed by atoms with Crippen LogP contribution in [0.2, 0.25) is 10.4 Å². The van der Waals surface area contributed by atoms with Gasteiger partial charge in [0.15, 0.2) is 11.0 Å². The fraction of sp³-hybridized carbons (Fsp3) is 0.333. The van der Waals surface area contributed by atoms with Crippen LogP contribution in [-0.2, 0) is 0 Å². The molecule has 0 saturated carbocycles. The summed E-state index contributed by atoms with van der Waals surface area (Å²) >= 11 is 10.4. The van der Waals surface area contributed by atoms with Gasteiger partial charge in [-0.2, -0.15) is 0 Å². The van der Waals surface area contributed by atoms with Crippen LogP contribution in [0.5, 0.6) is 0 Å². The lowest BCUT2D eigenvalue weighted by atomic mass is 10.6. The van der Waals surface area contributed by atoms with E-state index in [1.807, 2.05) is 13.8 Å². The van der Waals surface area contributed by atoms with Crippen LogP contribution in [-0.4, -0.2) is 9.97 Å². The Morgan fingerprint density at radius 3 is 2.27 bits per heavy atom. The molecule has 0 radical (unpaired) electrons. The van der Waals surface area contributed by atoms with Crippen LogP contribution in [0.3, 0.4) is 0 Å². The summed E-state index contributed by atoms with van der Waals surface area (Å²) in [5.74, 6) is -0.666. The summed E-state index contributed by atoms with van der Waals surface area (Å²) in [6.07, 6.45) is 0.914. The van der Waals surface area contributed by atoms with E-state index in [0.29, 0.717) is 0 Å². The van der Waals surface area contributed by atoms with Crippen LogP contribution in [0.25, 0.3) is 0 Å². The van der Waals surface area contributed by atoms with E-state index in [0.717, 1.165) is 6.20 Å². The Bertz CT molecular complexity index is 230. The maximum Gasteiger partial charge on any atom is 0.223 e. The summed E-state index contributed by atoms with van der Waals surface area (Å²) < 4.78 is 12.2. The zero-order valence-corrected chi connectivity index (χ0v) is 7.62. The summed E-state index contributed by atoms with van der Waals surface area (Å²) in [5, 5.41) is -0.309. The molecule has 1 rings (SSSR count). The number of nitrogens with zero attached hydrogens (tertiary/aromatic N) is 2. The molecule has 0 fully saturated rings. The predicted octanol–water partition coefficient (Wildman–Crippen LogP) is 2.95. The van der Waals surface area contributed by atoms with Crippen molar-refractivity contribution in [3.63, 3.8) is 0 Å². The highest BCUT2D eigenvalue weighted by Gasteiger charge is 1.99. The third-order valence-corrected chi connectivity index (χ3v) is 1.12. The van der Waals surface area contributed by atoms with Gasteiger partial charge in [0.2, 0.25) is 5.28 Å². The molecule has 0 spiro atoms. The summed E-state index contributed by atoms with van der Waals surface area (Å²) in [5.41, 5.74) is 0. The molecule has 0 amide bonds. The molecule has 1 heterocycles. The lowest BCUT2D eigenvalue weighted by Crippen LogP contribution is -1.85. The van der Waals surface area contributed by atoms with Gasteiger partial charge in [0.1, 0.15) is 0 Å². The number of halogens is 3. The van der Waals surface area contributed by atoms with E-state index in [1.54, 1.807) is 0 Å². The van der Waals surface area contributed by atoms with Gasteiger partial charge < -0.3 is 0 Å². The molecular weight excluding hydrogens is 190 g/mol. The predicted molar refractivity (Wildman–Crippen MR) is 43.4 cm³/mol. The number of aromatic nitrogens is 2. The molecule has 5 heteroatoms. The Morgan fingerprint density at radius 1 is 1.36 bits per heavy atom.